The van der Waals surface area contributed by atoms with E-state index in [1.54, 1.807) is 0 Å². The van der Waals surface area contributed by atoms with E-state index in [0.29, 0.717) is 6.54 Å². The average molecular weight is 296 g/mol. The van der Waals surface area contributed by atoms with Crippen LogP contribution in [0.25, 0.3) is 0 Å². The molecular weight excluding hydrogens is 272 g/mol. The van der Waals surface area contributed by atoms with E-state index in [4.69, 9.17) is 0 Å². The Hall–Kier alpha value is -2.29. The number of urea groups is 1. The summed E-state index contributed by atoms with van der Waals surface area (Å²) in [7, 11) is 0. The fourth-order valence-electron chi connectivity index (χ4n) is 2.54. The van der Waals surface area contributed by atoms with E-state index in [1.807, 2.05) is 24.3 Å². The maximum Gasteiger partial charge on any atom is 0.319 e. The SMILES string of the molecule is CCc1cccc(CC)c1NC(=O)NCc1ccccc1C. The van der Waals surface area contributed by atoms with Crippen molar-refractivity contribution in [1.82, 2.24) is 5.32 Å². The van der Waals surface area contributed by atoms with E-state index in [2.05, 4.69) is 49.6 Å². The quantitative estimate of drug-likeness (QED) is 0.841. The smallest absolute Gasteiger partial charge is 0.319 e. The first kappa shape index (κ1) is 16.1. The van der Waals surface area contributed by atoms with Gasteiger partial charge in [-0.15, -0.1) is 0 Å². The maximum absolute atomic E-state index is 12.2. The summed E-state index contributed by atoms with van der Waals surface area (Å²) in [6, 6.07) is 14.1. The minimum Gasteiger partial charge on any atom is -0.334 e. The molecule has 0 aliphatic carbocycles. The van der Waals surface area contributed by atoms with Crippen LogP contribution in [-0.4, -0.2) is 6.03 Å². The molecule has 0 atom stereocenters. The number of hydrogen-bond donors (Lipinski definition) is 2. The van der Waals surface area contributed by atoms with E-state index < -0.39 is 0 Å². The zero-order valence-electron chi connectivity index (χ0n) is 13.6. The van der Waals surface area contributed by atoms with Crippen molar-refractivity contribution < 1.29 is 4.79 Å². The second-order valence-corrected chi connectivity index (χ2v) is 5.39. The van der Waals surface area contributed by atoms with Crippen LogP contribution in [0.1, 0.15) is 36.1 Å². The molecule has 2 N–H and O–H groups in total. The third-order valence-corrected chi connectivity index (χ3v) is 3.94. The van der Waals surface area contributed by atoms with Gasteiger partial charge in [0, 0.05) is 12.2 Å². The molecule has 0 aliphatic heterocycles. The van der Waals surface area contributed by atoms with E-state index in [0.717, 1.165) is 24.1 Å². The number of benzene rings is 2. The van der Waals surface area contributed by atoms with E-state index in [9.17, 15) is 4.79 Å². The van der Waals surface area contributed by atoms with Gasteiger partial charge in [-0.3, -0.25) is 0 Å². The van der Waals surface area contributed by atoms with Gasteiger partial charge in [0.2, 0.25) is 0 Å². The highest BCUT2D eigenvalue weighted by atomic mass is 16.2. The number of aryl methyl sites for hydroxylation is 3. The standard InChI is InChI=1S/C19H24N2O/c1-4-15-11-8-12-16(5-2)18(15)21-19(22)20-13-17-10-7-6-9-14(17)3/h6-12H,4-5,13H2,1-3H3,(H2,20,21,22). The number of nitrogens with one attached hydrogen (secondary N) is 2. The minimum absolute atomic E-state index is 0.154. The third-order valence-electron chi connectivity index (χ3n) is 3.94. The van der Waals surface area contributed by atoms with Gasteiger partial charge >= 0.3 is 6.03 Å². The molecule has 3 nitrogen and oxygen atoms in total. The summed E-state index contributed by atoms with van der Waals surface area (Å²) in [5.41, 5.74) is 5.62. The van der Waals surface area contributed by atoms with Crippen LogP contribution in [0.2, 0.25) is 0 Å². The normalized spacial score (nSPS) is 10.3. The molecule has 0 aliphatic rings. The van der Waals surface area contributed by atoms with Crippen LogP contribution in [0.15, 0.2) is 42.5 Å². The van der Waals surface area contributed by atoms with Crippen molar-refractivity contribution in [3.63, 3.8) is 0 Å². The van der Waals surface area contributed by atoms with Gasteiger partial charge in [-0.25, -0.2) is 4.79 Å². The number of hydrogen-bond acceptors (Lipinski definition) is 1. The molecule has 2 aromatic carbocycles. The first-order valence-electron chi connectivity index (χ1n) is 7.85. The monoisotopic (exact) mass is 296 g/mol. The molecule has 0 unspecified atom stereocenters. The molecule has 0 fully saturated rings. The van der Waals surface area contributed by atoms with Crippen molar-refractivity contribution >= 4 is 11.7 Å². The molecule has 116 valence electrons. The van der Waals surface area contributed by atoms with Crippen LogP contribution in [0.4, 0.5) is 10.5 Å². The topological polar surface area (TPSA) is 41.1 Å². The van der Waals surface area contributed by atoms with E-state index in [-0.39, 0.29) is 6.03 Å². The predicted octanol–water partition coefficient (Wildman–Crippen LogP) is 4.44. The van der Waals surface area contributed by atoms with Gasteiger partial charge in [-0.05, 0) is 42.0 Å². The van der Waals surface area contributed by atoms with E-state index >= 15 is 0 Å². The third kappa shape index (κ3) is 3.88. The Bertz CT molecular complexity index is 627. The van der Waals surface area contributed by atoms with Gasteiger partial charge in [-0.1, -0.05) is 56.3 Å². The molecule has 0 bridgehead atoms. The van der Waals surface area contributed by atoms with Crippen LogP contribution < -0.4 is 10.6 Å². The molecule has 0 saturated heterocycles. The lowest BCUT2D eigenvalue weighted by Gasteiger charge is -2.15. The second-order valence-electron chi connectivity index (χ2n) is 5.39. The maximum atomic E-state index is 12.2. The Morgan fingerprint density at radius 2 is 1.50 bits per heavy atom. The van der Waals surface area contributed by atoms with Crippen LogP contribution >= 0.6 is 0 Å². The van der Waals surface area contributed by atoms with E-state index in [1.165, 1.54) is 16.7 Å². The first-order chi connectivity index (χ1) is 10.7. The van der Waals surface area contributed by atoms with Crippen LogP contribution in [-0.2, 0) is 19.4 Å². The Kier molecular flexibility index (Phi) is 5.59. The van der Waals surface area contributed by atoms with Crippen LogP contribution in [0, 0.1) is 6.92 Å². The number of anilines is 1. The number of rotatable bonds is 5. The zero-order valence-corrected chi connectivity index (χ0v) is 13.6. The number of para-hydroxylation sites is 1. The van der Waals surface area contributed by atoms with Gasteiger partial charge in [0.15, 0.2) is 0 Å². The summed E-state index contributed by atoms with van der Waals surface area (Å²) < 4.78 is 0. The second kappa shape index (κ2) is 7.64. The van der Waals surface area contributed by atoms with Crippen molar-refractivity contribution in [3.8, 4) is 0 Å². The molecule has 0 radical (unpaired) electrons. The lowest BCUT2D eigenvalue weighted by atomic mass is 10.0. The highest BCUT2D eigenvalue weighted by Crippen LogP contribution is 2.22. The van der Waals surface area contributed by atoms with Gasteiger partial charge in [-0.2, -0.15) is 0 Å². The highest BCUT2D eigenvalue weighted by molar-refractivity contribution is 5.91. The lowest BCUT2D eigenvalue weighted by Crippen LogP contribution is -2.29. The summed E-state index contributed by atoms with van der Waals surface area (Å²) in [6.45, 7) is 6.79. The summed E-state index contributed by atoms with van der Waals surface area (Å²) in [5.74, 6) is 0. The Labute approximate surface area is 132 Å². The van der Waals surface area contributed by atoms with Crippen LogP contribution in [0.5, 0.6) is 0 Å². The first-order valence-corrected chi connectivity index (χ1v) is 7.85. The predicted molar refractivity (Wildman–Crippen MR) is 92.2 cm³/mol. The summed E-state index contributed by atoms with van der Waals surface area (Å²) >= 11 is 0. The molecule has 3 heteroatoms. The molecule has 0 aromatic heterocycles. The molecule has 2 aromatic rings. The van der Waals surface area contributed by atoms with Gasteiger partial charge in [0.25, 0.3) is 0 Å². The van der Waals surface area contributed by atoms with Crippen molar-refractivity contribution in [1.29, 1.82) is 0 Å². The molecule has 22 heavy (non-hydrogen) atoms. The van der Waals surface area contributed by atoms with Crippen molar-refractivity contribution in [2.75, 3.05) is 5.32 Å². The molecule has 0 spiro atoms. The van der Waals surface area contributed by atoms with Crippen LogP contribution in [0.3, 0.4) is 0 Å². The minimum atomic E-state index is -0.154. The number of amides is 2. The lowest BCUT2D eigenvalue weighted by molar-refractivity contribution is 0.251. The summed E-state index contributed by atoms with van der Waals surface area (Å²) in [5, 5.41) is 5.96. The fraction of sp³-hybridized carbons (Fsp3) is 0.316. The number of carbonyl (C=O) groups excluding carboxylic acids is 1. The Morgan fingerprint density at radius 3 is 2.09 bits per heavy atom. The molecule has 2 rings (SSSR count). The summed E-state index contributed by atoms with van der Waals surface area (Å²) in [6.07, 6.45) is 1.81. The average Bonchev–Trinajstić information content (AvgIpc) is 2.54. The Balaban J connectivity index is 2.05. The summed E-state index contributed by atoms with van der Waals surface area (Å²) in [4.78, 5) is 12.2. The Morgan fingerprint density at radius 1 is 0.909 bits per heavy atom. The molecular formula is C19H24N2O. The molecule has 0 heterocycles. The van der Waals surface area contributed by atoms with Gasteiger partial charge in [0.1, 0.15) is 0 Å². The molecule has 2 amide bonds. The van der Waals surface area contributed by atoms with Crippen molar-refractivity contribution in [2.24, 2.45) is 0 Å². The number of carbonyl (C=O) groups is 1. The fourth-order valence-corrected chi connectivity index (χ4v) is 2.54. The van der Waals surface area contributed by atoms with Gasteiger partial charge in [0.05, 0.1) is 0 Å². The highest BCUT2D eigenvalue weighted by Gasteiger charge is 2.09. The van der Waals surface area contributed by atoms with Gasteiger partial charge < -0.3 is 10.6 Å². The van der Waals surface area contributed by atoms with Crippen molar-refractivity contribution in [2.45, 2.75) is 40.2 Å². The van der Waals surface area contributed by atoms with Crippen molar-refractivity contribution in [3.05, 3.63) is 64.7 Å². The largest absolute Gasteiger partial charge is 0.334 e. The molecule has 0 saturated carbocycles. The zero-order chi connectivity index (χ0) is 15.9.